The summed E-state index contributed by atoms with van der Waals surface area (Å²) >= 11 is 12.4. The molecule has 5 rings (SSSR count). The molecule has 2 aliphatic heterocycles. The highest BCUT2D eigenvalue weighted by atomic mass is 35.5. The van der Waals surface area contributed by atoms with Crippen LogP contribution in [0.4, 0.5) is 10.1 Å². The number of amides is 1. The van der Waals surface area contributed by atoms with Gasteiger partial charge in [0.1, 0.15) is 5.69 Å². The van der Waals surface area contributed by atoms with E-state index in [2.05, 4.69) is 0 Å². The van der Waals surface area contributed by atoms with Crippen LogP contribution in [-0.4, -0.2) is 15.7 Å². The van der Waals surface area contributed by atoms with Crippen molar-refractivity contribution in [3.8, 4) is 11.1 Å². The van der Waals surface area contributed by atoms with Crippen molar-refractivity contribution in [1.82, 2.24) is 9.78 Å². The first-order valence-electron chi connectivity index (χ1n) is 9.57. The number of hydrogen-bond acceptors (Lipinski definition) is 2. The Balaban J connectivity index is 1.91. The second-order valence-corrected chi connectivity index (χ2v) is 8.53. The number of carbonyl (C=O) groups excluding carboxylic acids is 1. The van der Waals surface area contributed by atoms with Gasteiger partial charge < -0.3 is 0 Å². The Labute approximate surface area is 177 Å². The first-order chi connectivity index (χ1) is 13.8. The van der Waals surface area contributed by atoms with Gasteiger partial charge in [-0.15, -0.1) is 0 Å². The van der Waals surface area contributed by atoms with Gasteiger partial charge in [-0.1, -0.05) is 49.2 Å². The average molecular weight is 430 g/mol. The van der Waals surface area contributed by atoms with Crippen molar-refractivity contribution in [3.63, 3.8) is 0 Å². The molecule has 7 heteroatoms. The lowest BCUT2D eigenvalue weighted by Crippen LogP contribution is -2.34. The molecule has 3 heterocycles. The van der Waals surface area contributed by atoms with Gasteiger partial charge in [-0.3, -0.25) is 14.4 Å². The number of nitrogens with zero attached hydrogens (tertiary/aromatic N) is 3. The van der Waals surface area contributed by atoms with E-state index >= 15 is 4.39 Å². The number of rotatable bonds is 2. The van der Waals surface area contributed by atoms with E-state index in [-0.39, 0.29) is 22.5 Å². The fourth-order valence-electron chi connectivity index (χ4n) is 4.53. The van der Waals surface area contributed by atoms with Gasteiger partial charge in [0.05, 0.1) is 22.4 Å². The topological polar surface area (TPSA) is 38.1 Å². The Bertz CT molecular complexity index is 1200. The van der Waals surface area contributed by atoms with Crippen LogP contribution in [0.5, 0.6) is 0 Å². The van der Waals surface area contributed by atoms with Crippen LogP contribution >= 0.6 is 23.2 Å². The predicted molar refractivity (Wildman–Crippen MR) is 112 cm³/mol. The fraction of sp³-hybridized carbons (Fsp3) is 0.273. The first kappa shape index (κ1) is 18.6. The largest absolute Gasteiger partial charge is 0.292 e. The maximum absolute atomic E-state index is 15.3. The highest BCUT2D eigenvalue weighted by molar-refractivity contribution is 6.32. The normalized spacial score (nSPS) is 16.7. The molecule has 2 aromatic carbocycles. The minimum atomic E-state index is -0.588. The van der Waals surface area contributed by atoms with E-state index in [1.807, 2.05) is 32.9 Å². The average Bonchev–Trinajstić information content (AvgIpc) is 3.21. The van der Waals surface area contributed by atoms with Gasteiger partial charge in [0.25, 0.3) is 5.91 Å². The van der Waals surface area contributed by atoms with Gasteiger partial charge in [-0.05, 0) is 42.2 Å². The molecule has 0 bridgehead atoms. The Kier molecular flexibility index (Phi) is 4.06. The first-order valence-corrected chi connectivity index (χ1v) is 10.3. The maximum atomic E-state index is 15.3. The molecule has 2 aliphatic rings. The van der Waals surface area contributed by atoms with Crippen LogP contribution in [0, 0.1) is 5.82 Å². The third kappa shape index (κ3) is 2.37. The highest BCUT2D eigenvalue weighted by Gasteiger charge is 2.49. The molecule has 0 N–H and O–H groups in total. The summed E-state index contributed by atoms with van der Waals surface area (Å²) in [5.74, 6) is -0.743. The number of halogens is 3. The molecule has 0 unspecified atom stereocenters. The lowest BCUT2D eigenvalue weighted by Gasteiger charge is -2.35. The molecule has 0 saturated carbocycles. The molecule has 29 heavy (non-hydrogen) atoms. The minimum Gasteiger partial charge on any atom is -0.292 e. The van der Waals surface area contributed by atoms with E-state index in [4.69, 9.17) is 28.3 Å². The summed E-state index contributed by atoms with van der Waals surface area (Å²) in [6, 6.07) is 8.32. The summed E-state index contributed by atoms with van der Waals surface area (Å²) < 4.78 is 17.0. The number of fused-ring (bicyclic) bond motifs is 8. The van der Waals surface area contributed by atoms with Crippen molar-refractivity contribution >= 4 is 34.8 Å². The van der Waals surface area contributed by atoms with Gasteiger partial charge >= 0.3 is 0 Å². The molecule has 0 aliphatic carbocycles. The van der Waals surface area contributed by atoms with Crippen LogP contribution < -0.4 is 4.90 Å². The third-order valence-corrected chi connectivity index (χ3v) is 6.25. The SMILES string of the molecule is CCn1nc(C(C)C)c2c1C(=O)N1c3c(ccc(Cl)c3F)-c3ccc(Cl)cc3[C@@H]21. The summed E-state index contributed by atoms with van der Waals surface area (Å²) in [5.41, 5.74) is 4.77. The number of benzene rings is 2. The predicted octanol–water partition coefficient (Wildman–Crippen LogP) is 6.20. The van der Waals surface area contributed by atoms with Crippen LogP contribution in [0.15, 0.2) is 30.3 Å². The van der Waals surface area contributed by atoms with E-state index in [9.17, 15) is 4.79 Å². The van der Waals surface area contributed by atoms with E-state index in [0.29, 0.717) is 22.8 Å². The summed E-state index contributed by atoms with van der Waals surface area (Å²) in [4.78, 5) is 15.1. The molecular weight excluding hydrogens is 412 g/mol. The van der Waals surface area contributed by atoms with E-state index < -0.39 is 11.9 Å². The van der Waals surface area contributed by atoms with E-state index in [1.54, 1.807) is 16.8 Å². The zero-order chi connectivity index (χ0) is 20.6. The molecular formula is C22H18Cl2FN3O. The summed E-state index contributed by atoms with van der Waals surface area (Å²) in [7, 11) is 0. The lowest BCUT2D eigenvalue weighted by atomic mass is 9.85. The summed E-state index contributed by atoms with van der Waals surface area (Å²) in [6.45, 7) is 6.58. The van der Waals surface area contributed by atoms with Crippen molar-refractivity contribution in [2.24, 2.45) is 0 Å². The van der Waals surface area contributed by atoms with Crippen molar-refractivity contribution in [1.29, 1.82) is 0 Å². The standard InChI is InChI=1S/C22H18Cl2FN3O/c1-4-27-21-16(18(26-27)10(2)3)19-14-9-11(23)5-6-12(14)13-7-8-15(24)17(25)20(13)28(19)22(21)29/h5-10,19H,4H2,1-3H3/t19-/m0/s1. The smallest absolute Gasteiger partial charge is 0.277 e. The van der Waals surface area contributed by atoms with Gasteiger partial charge in [0.2, 0.25) is 0 Å². The van der Waals surface area contributed by atoms with E-state index in [1.165, 1.54) is 11.0 Å². The molecule has 0 spiro atoms. The molecule has 1 atom stereocenters. The van der Waals surface area contributed by atoms with Crippen molar-refractivity contribution in [2.75, 3.05) is 4.90 Å². The van der Waals surface area contributed by atoms with E-state index in [0.717, 1.165) is 22.4 Å². The highest BCUT2D eigenvalue weighted by Crippen LogP contribution is 2.55. The van der Waals surface area contributed by atoms with Gasteiger partial charge in [0, 0.05) is 22.7 Å². The van der Waals surface area contributed by atoms with Crippen LogP contribution in [0.2, 0.25) is 10.0 Å². The lowest BCUT2D eigenvalue weighted by molar-refractivity contribution is 0.0982. The fourth-order valence-corrected chi connectivity index (χ4v) is 4.86. The zero-order valence-electron chi connectivity index (χ0n) is 16.1. The third-order valence-electron chi connectivity index (χ3n) is 5.73. The second kappa shape index (κ2) is 6.31. The summed E-state index contributed by atoms with van der Waals surface area (Å²) in [5, 5.41) is 5.26. The molecule has 1 aromatic heterocycles. The monoisotopic (exact) mass is 429 g/mol. The van der Waals surface area contributed by atoms with Gasteiger partial charge in [-0.25, -0.2) is 4.39 Å². The Hall–Kier alpha value is -2.37. The molecule has 0 fully saturated rings. The maximum Gasteiger partial charge on any atom is 0.277 e. The second-order valence-electron chi connectivity index (χ2n) is 7.68. The Morgan fingerprint density at radius 2 is 1.90 bits per heavy atom. The van der Waals surface area contributed by atoms with Crippen LogP contribution in [0.25, 0.3) is 11.1 Å². The quantitative estimate of drug-likeness (QED) is 0.485. The zero-order valence-corrected chi connectivity index (χ0v) is 17.6. The van der Waals surface area contributed by atoms with Crippen molar-refractivity contribution in [3.05, 3.63) is 68.7 Å². The number of carbonyl (C=O) groups is 1. The van der Waals surface area contributed by atoms with Crippen LogP contribution in [-0.2, 0) is 6.54 Å². The number of aromatic nitrogens is 2. The molecule has 3 aromatic rings. The van der Waals surface area contributed by atoms with Crippen molar-refractivity contribution < 1.29 is 9.18 Å². The Morgan fingerprint density at radius 1 is 1.17 bits per heavy atom. The van der Waals surface area contributed by atoms with Gasteiger partial charge in [0.15, 0.2) is 5.82 Å². The molecule has 148 valence electrons. The number of hydrogen-bond donors (Lipinski definition) is 0. The molecule has 4 nitrogen and oxygen atoms in total. The molecule has 1 amide bonds. The number of anilines is 1. The van der Waals surface area contributed by atoms with Crippen molar-refractivity contribution in [2.45, 2.75) is 39.3 Å². The number of aryl methyl sites for hydroxylation is 1. The molecule has 0 radical (unpaired) electrons. The van der Waals surface area contributed by atoms with Gasteiger partial charge in [-0.2, -0.15) is 5.10 Å². The minimum absolute atomic E-state index is 0.00938. The van der Waals surface area contributed by atoms with Crippen LogP contribution in [0.3, 0.4) is 0 Å². The summed E-state index contributed by atoms with van der Waals surface area (Å²) in [6.07, 6.45) is 0. The molecule has 0 saturated heterocycles. The van der Waals surface area contributed by atoms with Crippen LogP contribution in [0.1, 0.15) is 60.0 Å². The Morgan fingerprint density at radius 3 is 2.59 bits per heavy atom.